The van der Waals surface area contributed by atoms with E-state index in [1.54, 1.807) is 4.68 Å². The van der Waals surface area contributed by atoms with Crippen molar-refractivity contribution in [1.29, 1.82) is 0 Å². The Morgan fingerprint density at radius 2 is 1.95 bits per heavy atom. The first-order valence-corrected chi connectivity index (χ1v) is 7.15. The fourth-order valence-corrected chi connectivity index (χ4v) is 2.35. The molecule has 2 N–H and O–H groups in total. The number of nitrogens with two attached hydrogens (primary N) is 1. The summed E-state index contributed by atoms with van der Waals surface area (Å²) in [5, 5.41) is 4.93. The van der Waals surface area contributed by atoms with Crippen molar-refractivity contribution in [3.8, 4) is 0 Å². The van der Waals surface area contributed by atoms with Crippen molar-refractivity contribution in [1.82, 2.24) is 9.78 Å². The van der Waals surface area contributed by atoms with Crippen molar-refractivity contribution in [3.63, 3.8) is 0 Å². The molecule has 0 unspecified atom stereocenters. The van der Waals surface area contributed by atoms with Gasteiger partial charge in [-0.1, -0.05) is 19.9 Å². The van der Waals surface area contributed by atoms with Crippen molar-refractivity contribution < 1.29 is 4.79 Å². The van der Waals surface area contributed by atoms with Gasteiger partial charge in [-0.3, -0.25) is 14.3 Å². The zero-order chi connectivity index (χ0) is 15.7. The van der Waals surface area contributed by atoms with Gasteiger partial charge in [-0.2, -0.15) is 5.10 Å². The number of primary amides is 1. The Morgan fingerprint density at radius 1 is 1.29 bits per heavy atom. The summed E-state index contributed by atoms with van der Waals surface area (Å²) in [5.41, 5.74) is 7.15. The predicted molar refractivity (Wildman–Crippen MR) is 83.4 cm³/mol. The molecule has 1 aromatic heterocycles. The average Bonchev–Trinajstić information content (AvgIpc) is 2.40. The molecule has 0 radical (unpaired) electrons. The van der Waals surface area contributed by atoms with Crippen LogP contribution in [-0.4, -0.2) is 15.7 Å². The van der Waals surface area contributed by atoms with Crippen molar-refractivity contribution in [2.24, 2.45) is 5.73 Å². The molecule has 0 saturated heterocycles. The summed E-state index contributed by atoms with van der Waals surface area (Å²) >= 11 is 0. The molecule has 5 heteroatoms. The monoisotopic (exact) mass is 287 g/mol. The van der Waals surface area contributed by atoms with E-state index in [1.807, 2.05) is 32.0 Å². The fourth-order valence-electron chi connectivity index (χ4n) is 2.35. The van der Waals surface area contributed by atoms with E-state index in [-0.39, 0.29) is 23.6 Å². The highest BCUT2D eigenvalue weighted by Gasteiger charge is 2.15. The highest BCUT2D eigenvalue weighted by Crippen LogP contribution is 2.21. The first-order valence-electron chi connectivity index (χ1n) is 7.15. The van der Waals surface area contributed by atoms with E-state index in [2.05, 4.69) is 18.9 Å². The Morgan fingerprint density at radius 3 is 2.48 bits per heavy atom. The molecule has 0 aliphatic carbocycles. The summed E-state index contributed by atoms with van der Waals surface area (Å²) in [5.74, 6) is -0.177. The fraction of sp³-hybridized carbons (Fsp3) is 0.438. The van der Waals surface area contributed by atoms with Gasteiger partial charge in [0.05, 0.1) is 11.9 Å². The lowest BCUT2D eigenvalue weighted by atomic mass is 10.0. The molecule has 1 aromatic carbocycles. The molecule has 0 aliphatic rings. The molecule has 5 nitrogen and oxygen atoms in total. The van der Waals surface area contributed by atoms with E-state index in [4.69, 9.17) is 5.73 Å². The summed E-state index contributed by atoms with van der Waals surface area (Å²) in [4.78, 5) is 23.6. The number of nitrogens with zero attached hydrogens (tertiary/aromatic N) is 2. The van der Waals surface area contributed by atoms with E-state index in [9.17, 15) is 9.59 Å². The van der Waals surface area contributed by atoms with Gasteiger partial charge < -0.3 is 5.73 Å². The molecule has 0 atom stereocenters. The van der Waals surface area contributed by atoms with E-state index in [1.165, 1.54) is 0 Å². The summed E-state index contributed by atoms with van der Waals surface area (Å²) in [6.45, 7) is 8.20. The molecule has 21 heavy (non-hydrogen) atoms. The van der Waals surface area contributed by atoms with Crippen LogP contribution >= 0.6 is 0 Å². The van der Waals surface area contributed by atoms with Crippen molar-refractivity contribution in [3.05, 3.63) is 39.7 Å². The van der Waals surface area contributed by atoms with Gasteiger partial charge in [-0.25, -0.2) is 0 Å². The highest BCUT2D eigenvalue weighted by atomic mass is 16.1. The molecule has 0 spiro atoms. The maximum Gasteiger partial charge on any atom is 0.223 e. The van der Waals surface area contributed by atoms with Gasteiger partial charge in [0.15, 0.2) is 0 Å². The van der Waals surface area contributed by atoms with Crippen LogP contribution in [0, 0.1) is 0 Å². The maximum absolute atomic E-state index is 12.4. The molecule has 0 saturated carbocycles. The lowest BCUT2D eigenvalue weighted by Crippen LogP contribution is -2.25. The lowest BCUT2D eigenvalue weighted by molar-refractivity contribution is -0.117. The first kappa shape index (κ1) is 15.2. The minimum Gasteiger partial charge on any atom is -0.369 e. The largest absolute Gasteiger partial charge is 0.369 e. The van der Waals surface area contributed by atoms with Gasteiger partial charge in [-0.15, -0.1) is 0 Å². The molecule has 2 aromatic rings. The predicted octanol–water partition coefficient (Wildman–Crippen LogP) is 2.13. The smallest absolute Gasteiger partial charge is 0.223 e. The molecule has 2 rings (SSSR count). The number of amides is 1. The van der Waals surface area contributed by atoms with E-state index in [0.29, 0.717) is 11.3 Å². The van der Waals surface area contributed by atoms with Crippen LogP contribution in [0.2, 0.25) is 0 Å². The topological polar surface area (TPSA) is 78.0 Å². The zero-order valence-electron chi connectivity index (χ0n) is 12.9. The number of hydrogen-bond donors (Lipinski definition) is 1. The number of aromatic nitrogens is 2. The van der Waals surface area contributed by atoms with Crippen LogP contribution in [0.1, 0.15) is 50.9 Å². The van der Waals surface area contributed by atoms with Crippen LogP contribution in [0.5, 0.6) is 0 Å². The number of carbonyl (C=O) groups excluding carboxylic acids is 1. The van der Waals surface area contributed by atoms with Gasteiger partial charge in [0, 0.05) is 11.4 Å². The molecule has 1 amide bonds. The van der Waals surface area contributed by atoms with Crippen LogP contribution in [-0.2, 0) is 11.2 Å². The summed E-state index contributed by atoms with van der Waals surface area (Å²) < 4.78 is 1.79. The molecule has 1 heterocycles. The Kier molecular flexibility index (Phi) is 4.11. The third kappa shape index (κ3) is 2.96. The Labute approximate surface area is 123 Å². The zero-order valence-corrected chi connectivity index (χ0v) is 12.9. The van der Waals surface area contributed by atoms with E-state index < -0.39 is 5.91 Å². The normalized spacial score (nSPS) is 11.5. The molecule has 112 valence electrons. The van der Waals surface area contributed by atoms with Gasteiger partial charge in [0.25, 0.3) is 0 Å². The van der Waals surface area contributed by atoms with Gasteiger partial charge >= 0.3 is 0 Å². The number of hydrogen-bond acceptors (Lipinski definition) is 3. The van der Waals surface area contributed by atoms with E-state index >= 15 is 0 Å². The Hall–Kier alpha value is -2.17. The van der Waals surface area contributed by atoms with Crippen molar-refractivity contribution >= 4 is 16.8 Å². The molecular weight excluding hydrogens is 266 g/mol. The minimum absolute atomic E-state index is 0.0853. The van der Waals surface area contributed by atoms with Crippen molar-refractivity contribution in [2.75, 3.05) is 0 Å². The van der Waals surface area contributed by atoms with Crippen LogP contribution in [0.3, 0.4) is 0 Å². The summed E-state index contributed by atoms with van der Waals surface area (Å²) in [7, 11) is 0. The van der Waals surface area contributed by atoms with Crippen LogP contribution in [0.25, 0.3) is 10.9 Å². The van der Waals surface area contributed by atoms with Crippen LogP contribution in [0.4, 0.5) is 0 Å². The van der Waals surface area contributed by atoms with Crippen LogP contribution < -0.4 is 11.2 Å². The standard InChI is InChI=1S/C16H21N3O2/c1-9(2)11-5-6-12-14(7-11)19(10(3)4)18-13(16(12)21)8-15(17)20/h5-7,9-10H,8H2,1-4H3,(H2,17,20). The Bertz CT molecular complexity index is 745. The quantitative estimate of drug-likeness (QED) is 0.935. The van der Waals surface area contributed by atoms with Gasteiger partial charge in [-0.05, 0) is 37.5 Å². The molecule has 0 fully saturated rings. The second-order valence-corrected chi connectivity index (χ2v) is 5.89. The number of carbonyl (C=O) groups is 1. The SMILES string of the molecule is CC(C)c1ccc2c(=O)c(CC(N)=O)nn(C(C)C)c2c1. The molecule has 0 aliphatic heterocycles. The van der Waals surface area contributed by atoms with Crippen LogP contribution in [0.15, 0.2) is 23.0 Å². The highest BCUT2D eigenvalue weighted by molar-refractivity contribution is 5.82. The number of rotatable bonds is 4. The minimum atomic E-state index is -0.548. The Balaban J connectivity index is 2.79. The summed E-state index contributed by atoms with van der Waals surface area (Å²) in [6, 6.07) is 5.86. The second kappa shape index (κ2) is 5.68. The number of benzene rings is 1. The van der Waals surface area contributed by atoms with Gasteiger partial charge in [0.1, 0.15) is 5.69 Å². The number of fused-ring (bicyclic) bond motifs is 1. The van der Waals surface area contributed by atoms with Crippen molar-refractivity contribution in [2.45, 2.75) is 46.1 Å². The van der Waals surface area contributed by atoms with Gasteiger partial charge in [0.2, 0.25) is 11.3 Å². The maximum atomic E-state index is 12.4. The summed E-state index contributed by atoms with van der Waals surface area (Å²) in [6.07, 6.45) is -0.132. The lowest BCUT2D eigenvalue weighted by Gasteiger charge is -2.16. The average molecular weight is 287 g/mol. The second-order valence-electron chi connectivity index (χ2n) is 5.89. The molecule has 0 bridgehead atoms. The third-order valence-electron chi connectivity index (χ3n) is 3.50. The molecular formula is C16H21N3O2. The van der Waals surface area contributed by atoms with E-state index in [0.717, 1.165) is 11.1 Å². The first-order chi connectivity index (χ1) is 9.81. The third-order valence-corrected chi connectivity index (χ3v) is 3.50.